The Morgan fingerprint density at radius 3 is 2.78 bits per heavy atom. The lowest BCUT2D eigenvalue weighted by molar-refractivity contribution is 0.114. The molecule has 1 aliphatic heterocycles. The van der Waals surface area contributed by atoms with Gasteiger partial charge in [-0.3, -0.25) is 0 Å². The second-order valence-corrected chi connectivity index (χ2v) is 8.29. The predicted molar refractivity (Wildman–Crippen MR) is 95.2 cm³/mol. The molecule has 1 saturated heterocycles. The van der Waals surface area contributed by atoms with Crippen molar-refractivity contribution >= 4 is 33.0 Å². The van der Waals surface area contributed by atoms with Crippen molar-refractivity contribution in [2.75, 3.05) is 32.6 Å². The number of rotatable bonds is 5. The highest BCUT2D eigenvalue weighted by molar-refractivity contribution is 7.89. The minimum Gasteiger partial charge on any atom is -0.376 e. The van der Waals surface area contributed by atoms with Gasteiger partial charge in [0.15, 0.2) is 5.11 Å². The van der Waals surface area contributed by atoms with Crippen LogP contribution in [0, 0.1) is 6.92 Å². The molecule has 0 spiro atoms. The van der Waals surface area contributed by atoms with Crippen molar-refractivity contribution in [2.24, 2.45) is 0 Å². The third-order valence-corrected chi connectivity index (χ3v) is 5.81. The average Bonchev–Trinajstić information content (AvgIpc) is 3.00. The topological polar surface area (TPSA) is 70.7 Å². The van der Waals surface area contributed by atoms with Crippen molar-refractivity contribution in [3.63, 3.8) is 0 Å². The Morgan fingerprint density at radius 2 is 2.17 bits per heavy atom. The van der Waals surface area contributed by atoms with Crippen LogP contribution in [0.15, 0.2) is 23.1 Å². The van der Waals surface area contributed by atoms with E-state index in [1.165, 1.54) is 18.4 Å². The molecule has 1 aromatic rings. The van der Waals surface area contributed by atoms with Gasteiger partial charge in [0.2, 0.25) is 10.0 Å². The summed E-state index contributed by atoms with van der Waals surface area (Å²) in [5, 5.41) is 6.65. The fourth-order valence-corrected chi connectivity index (χ4v) is 3.41. The molecule has 0 unspecified atom stereocenters. The molecule has 1 aliphatic rings. The number of nitrogens with one attached hydrogen (secondary N) is 2. The molecule has 1 fully saturated rings. The van der Waals surface area contributed by atoms with Crippen LogP contribution in [0.25, 0.3) is 0 Å². The number of aryl methyl sites for hydroxylation is 1. The van der Waals surface area contributed by atoms with Gasteiger partial charge in [0.25, 0.3) is 0 Å². The maximum absolute atomic E-state index is 12.2. The molecule has 0 bridgehead atoms. The summed E-state index contributed by atoms with van der Waals surface area (Å²) in [4.78, 5) is 0.234. The van der Waals surface area contributed by atoms with E-state index in [1.807, 2.05) is 6.92 Å². The van der Waals surface area contributed by atoms with Gasteiger partial charge in [-0.15, -0.1) is 0 Å². The van der Waals surface area contributed by atoms with Gasteiger partial charge >= 0.3 is 0 Å². The molecule has 8 heteroatoms. The average molecular weight is 358 g/mol. The number of benzene rings is 1. The highest BCUT2D eigenvalue weighted by atomic mass is 32.2. The highest BCUT2D eigenvalue weighted by Crippen LogP contribution is 2.22. The quantitative estimate of drug-likeness (QED) is 0.782. The number of thiocarbonyl (C=S) groups is 1. The lowest BCUT2D eigenvalue weighted by atomic mass is 10.2. The summed E-state index contributed by atoms with van der Waals surface area (Å²) in [5.41, 5.74) is 1.60. The molecule has 0 amide bonds. The van der Waals surface area contributed by atoms with Crippen molar-refractivity contribution in [3.8, 4) is 0 Å². The summed E-state index contributed by atoms with van der Waals surface area (Å²) < 4.78 is 31.2. The molecule has 2 rings (SSSR count). The maximum atomic E-state index is 12.2. The molecule has 0 saturated carbocycles. The smallest absolute Gasteiger partial charge is 0.242 e. The first-order valence-electron chi connectivity index (χ1n) is 7.50. The monoisotopic (exact) mass is 357 g/mol. The maximum Gasteiger partial charge on any atom is 0.242 e. The van der Waals surface area contributed by atoms with E-state index in [9.17, 15) is 8.42 Å². The van der Waals surface area contributed by atoms with Gasteiger partial charge in [0.05, 0.1) is 11.0 Å². The minimum absolute atomic E-state index is 0.191. The zero-order valence-corrected chi connectivity index (χ0v) is 15.3. The summed E-state index contributed by atoms with van der Waals surface area (Å²) in [6.45, 7) is 3.35. The lowest BCUT2D eigenvalue weighted by Gasteiger charge is -2.17. The number of ether oxygens (including phenoxy) is 1. The van der Waals surface area contributed by atoms with Gasteiger partial charge in [0.1, 0.15) is 0 Å². The van der Waals surface area contributed by atoms with E-state index < -0.39 is 10.0 Å². The number of nitrogens with zero attached hydrogens (tertiary/aromatic N) is 1. The van der Waals surface area contributed by atoms with Crippen LogP contribution in [0.5, 0.6) is 0 Å². The molecule has 6 nitrogen and oxygen atoms in total. The van der Waals surface area contributed by atoms with Crippen LogP contribution < -0.4 is 10.6 Å². The molecule has 128 valence electrons. The van der Waals surface area contributed by atoms with Gasteiger partial charge in [-0.1, -0.05) is 6.07 Å². The number of hydrogen-bond acceptors (Lipinski definition) is 4. The molecule has 1 aromatic carbocycles. The molecule has 2 N–H and O–H groups in total. The Bertz CT molecular complexity index is 669. The van der Waals surface area contributed by atoms with Crippen molar-refractivity contribution < 1.29 is 13.2 Å². The summed E-state index contributed by atoms with van der Waals surface area (Å²) in [6, 6.07) is 4.96. The highest BCUT2D eigenvalue weighted by Gasteiger charge is 2.19. The second-order valence-electron chi connectivity index (χ2n) is 5.73. The molecular weight excluding hydrogens is 334 g/mol. The summed E-state index contributed by atoms with van der Waals surface area (Å²) >= 11 is 5.28. The molecular formula is C15H23N3O3S2. The third-order valence-electron chi connectivity index (χ3n) is 3.75. The van der Waals surface area contributed by atoms with Crippen molar-refractivity contribution in [2.45, 2.75) is 30.8 Å². The summed E-state index contributed by atoms with van der Waals surface area (Å²) in [7, 11) is -0.448. The van der Waals surface area contributed by atoms with Crippen molar-refractivity contribution in [3.05, 3.63) is 23.8 Å². The molecule has 0 aromatic heterocycles. The first kappa shape index (κ1) is 18.1. The normalized spacial score (nSPS) is 18.2. The van der Waals surface area contributed by atoms with Crippen molar-refractivity contribution in [1.29, 1.82) is 0 Å². The molecule has 23 heavy (non-hydrogen) atoms. The molecule has 0 radical (unpaired) electrons. The first-order valence-corrected chi connectivity index (χ1v) is 9.35. The van der Waals surface area contributed by atoms with E-state index in [0.29, 0.717) is 17.3 Å². The minimum atomic E-state index is -3.47. The SMILES string of the molecule is Cc1ccc(S(=O)(=O)N(C)C)cc1NC(=S)NC[C@H]1CCCO1. The standard InChI is InChI=1S/C15H23N3O3S2/c1-11-6-7-13(23(19,20)18(2)3)9-14(11)17-15(22)16-10-12-5-4-8-21-12/h6-7,9,12H,4-5,8,10H2,1-3H3,(H2,16,17,22)/t12-/m1/s1. The lowest BCUT2D eigenvalue weighted by Crippen LogP contribution is -2.35. The second kappa shape index (κ2) is 7.57. The molecule has 1 heterocycles. The Morgan fingerprint density at radius 1 is 1.43 bits per heavy atom. The Balaban J connectivity index is 2.05. The molecule has 1 atom stereocenters. The van der Waals surface area contributed by atoms with E-state index in [-0.39, 0.29) is 11.0 Å². The van der Waals surface area contributed by atoms with Crippen LogP contribution in [0.2, 0.25) is 0 Å². The van der Waals surface area contributed by atoms with Crippen LogP contribution >= 0.6 is 12.2 Å². The third kappa shape index (κ3) is 4.63. The van der Waals surface area contributed by atoms with Gasteiger partial charge < -0.3 is 15.4 Å². The molecule has 0 aliphatic carbocycles. The van der Waals surface area contributed by atoms with Gasteiger partial charge in [-0.2, -0.15) is 0 Å². The first-order chi connectivity index (χ1) is 10.8. The van der Waals surface area contributed by atoms with E-state index >= 15 is 0 Å². The predicted octanol–water partition coefficient (Wildman–Crippen LogP) is 1.71. The Hall–Kier alpha value is -1.22. The fraction of sp³-hybridized carbons (Fsp3) is 0.533. The number of hydrogen-bond donors (Lipinski definition) is 2. The zero-order valence-electron chi connectivity index (χ0n) is 13.6. The number of anilines is 1. The fourth-order valence-electron chi connectivity index (χ4n) is 2.29. The van der Waals surface area contributed by atoms with E-state index in [0.717, 1.165) is 25.0 Å². The van der Waals surface area contributed by atoms with Crippen molar-refractivity contribution in [1.82, 2.24) is 9.62 Å². The van der Waals surface area contributed by atoms with Gasteiger partial charge in [0, 0.05) is 32.9 Å². The van der Waals surface area contributed by atoms with Crippen LogP contribution in [0.3, 0.4) is 0 Å². The van der Waals surface area contributed by atoms with Crippen LogP contribution in [-0.4, -0.2) is 51.2 Å². The largest absolute Gasteiger partial charge is 0.376 e. The van der Waals surface area contributed by atoms with Crippen LogP contribution in [0.1, 0.15) is 18.4 Å². The number of sulfonamides is 1. The Labute approximate surface area is 143 Å². The van der Waals surface area contributed by atoms with Crippen LogP contribution in [0.4, 0.5) is 5.69 Å². The van der Waals surface area contributed by atoms with Gasteiger partial charge in [-0.05, 0) is 49.7 Å². The summed E-state index contributed by atoms with van der Waals surface area (Å²) in [5.74, 6) is 0. The van der Waals surface area contributed by atoms with Crippen LogP contribution in [-0.2, 0) is 14.8 Å². The summed E-state index contributed by atoms with van der Waals surface area (Å²) in [6.07, 6.45) is 2.30. The zero-order chi connectivity index (χ0) is 17.0. The van der Waals surface area contributed by atoms with E-state index in [1.54, 1.807) is 18.2 Å². The van der Waals surface area contributed by atoms with Gasteiger partial charge in [-0.25, -0.2) is 12.7 Å². The van der Waals surface area contributed by atoms with E-state index in [4.69, 9.17) is 17.0 Å². The Kier molecular flexibility index (Phi) is 5.96. The van der Waals surface area contributed by atoms with E-state index in [2.05, 4.69) is 10.6 Å².